The molecule has 0 radical (unpaired) electrons. The SMILES string of the molecule is O=Cc1c(F)cc(OCCN2CC(CF)C2)cc1F. The van der Waals surface area contributed by atoms with Crippen molar-refractivity contribution in [3.63, 3.8) is 0 Å². The Hall–Kier alpha value is -1.56. The van der Waals surface area contributed by atoms with Gasteiger partial charge in [0.1, 0.15) is 24.0 Å². The Bertz CT molecular complexity index is 438. The van der Waals surface area contributed by atoms with Gasteiger partial charge in [0, 0.05) is 37.7 Å². The van der Waals surface area contributed by atoms with Gasteiger partial charge in [-0.25, -0.2) is 8.78 Å². The standard InChI is InChI=1S/C13H14F3NO2/c14-5-9-6-17(7-9)1-2-19-10-3-12(15)11(8-18)13(16)4-10/h3-4,8-9H,1-2,5-7H2. The average molecular weight is 273 g/mol. The molecule has 0 saturated carbocycles. The molecule has 1 aromatic rings. The van der Waals surface area contributed by atoms with Gasteiger partial charge in [0.15, 0.2) is 6.29 Å². The van der Waals surface area contributed by atoms with Crippen LogP contribution in [0.15, 0.2) is 12.1 Å². The molecular formula is C13H14F3NO2. The minimum absolute atomic E-state index is 0.0446. The number of ether oxygens (including phenoxy) is 1. The van der Waals surface area contributed by atoms with Crippen LogP contribution in [0.4, 0.5) is 13.2 Å². The van der Waals surface area contributed by atoms with Gasteiger partial charge in [-0.15, -0.1) is 0 Å². The highest BCUT2D eigenvalue weighted by molar-refractivity contribution is 5.75. The molecule has 1 saturated heterocycles. The first kappa shape index (κ1) is 13.9. The lowest BCUT2D eigenvalue weighted by Crippen LogP contribution is -2.49. The fourth-order valence-electron chi connectivity index (χ4n) is 2.01. The van der Waals surface area contributed by atoms with Crippen molar-refractivity contribution in [2.24, 2.45) is 5.92 Å². The van der Waals surface area contributed by atoms with Gasteiger partial charge >= 0.3 is 0 Å². The largest absolute Gasteiger partial charge is 0.492 e. The fraction of sp³-hybridized carbons (Fsp3) is 0.462. The molecule has 1 aliphatic rings. The van der Waals surface area contributed by atoms with Gasteiger partial charge < -0.3 is 4.74 Å². The van der Waals surface area contributed by atoms with Crippen LogP contribution in [0.2, 0.25) is 0 Å². The van der Waals surface area contributed by atoms with Gasteiger partial charge in [-0.1, -0.05) is 0 Å². The van der Waals surface area contributed by atoms with Gasteiger partial charge in [-0.3, -0.25) is 14.1 Å². The van der Waals surface area contributed by atoms with Crippen LogP contribution in [0.1, 0.15) is 10.4 Å². The van der Waals surface area contributed by atoms with Crippen molar-refractivity contribution in [2.45, 2.75) is 0 Å². The summed E-state index contributed by atoms with van der Waals surface area (Å²) >= 11 is 0. The van der Waals surface area contributed by atoms with E-state index in [0.29, 0.717) is 19.6 Å². The summed E-state index contributed by atoms with van der Waals surface area (Å²) < 4.78 is 43.9. The van der Waals surface area contributed by atoms with Gasteiger partial charge in [0.05, 0.1) is 12.2 Å². The van der Waals surface area contributed by atoms with Crippen LogP contribution in [-0.4, -0.2) is 44.1 Å². The molecule has 1 aromatic carbocycles. The first-order valence-electron chi connectivity index (χ1n) is 5.99. The van der Waals surface area contributed by atoms with Gasteiger partial charge in [-0.2, -0.15) is 0 Å². The topological polar surface area (TPSA) is 29.5 Å². The Morgan fingerprint density at radius 2 is 1.95 bits per heavy atom. The minimum atomic E-state index is -0.938. The number of alkyl halides is 1. The molecule has 0 N–H and O–H groups in total. The first-order valence-corrected chi connectivity index (χ1v) is 5.99. The van der Waals surface area contributed by atoms with Crippen LogP contribution in [0.5, 0.6) is 5.75 Å². The minimum Gasteiger partial charge on any atom is -0.492 e. The van der Waals surface area contributed by atoms with Crippen molar-refractivity contribution >= 4 is 6.29 Å². The van der Waals surface area contributed by atoms with E-state index in [9.17, 15) is 18.0 Å². The molecule has 0 aliphatic carbocycles. The predicted molar refractivity (Wildman–Crippen MR) is 63.1 cm³/mol. The number of hydrogen-bond acceptors (Lipinski definition) is 3. The zero-order chi connectivity index (χ0) is 13.8. The molecule has 2 rings (SSSR count). The molecule has 6 heteroatoms. The number of benzene rings is 1. The number of hydrogen-bond donors (Lipinski definition) is 0. The predicted octanol–water partition coefficient (Wildman–Crippen LogP) is 2.06. The van der Waals surface area contributed by atoms with Crippen molar-refractivity contribution < 1.29 is 22.7 Å². The zero-order valence-corrected chi connectivity index (χ0v) is 10.2. The van der Waals surface area contributed by atoms with E-state index in [1.165, 1.54) is 0 Å². The lowest BCUT2D eigenvalue weighted by Gasteiger charge is -2.37. The monoisotopic (exact) mass is 273 g/mol. The quantitative estimate of drug-likeness (QED) is 0.743. The molecule has 0 atom stereocenters. The molecule has 3 nitrogen and oxygen atoms in total. The highest BCUT2D eigenvalue weighted by atomic mass is 19.1. The van der Waals surface area contributed by atoms with Crippen LogP contribution in [-0.2, 0) is 0 Å². The molecule has 0 amide bonds. The van der Waals surface area contributed by atoms with E-state index in [0.717, 1.165) is 12.1 Å². The average Bonchev–Trinajstić information content (AvgIpc) is 2.31. The molecule has 0 unspecified atom stereocenters. The Morgan fingerprint density at radius 1 is 1.32 bits per heavy atom. The first-order chi connectivity index (χ1) is 9.13. The Kier molecular flexibility index (Phi) is 4.42. The van der Waals surface area contributed by atoms with Crippen molar-refractivity contribution in [1.29, 1.82) is 0 Å². The number of likely N-dealkylation sites (tertiary alicyclic amines) is 1. The molecule has 104 valence electrons. The van der Waals surface area contributed by atoms with E-state index in [2.05, 4.69) is 0 Å². The Labute approximate surface area is 109 Å². The summed E-state index contributed by atoms with van der Waals surface area (Å²) in [5, 5.41) is 0. The van der Waals surface area contributed by atoms with Crippen LogP contribution in [0.3, 0.4) is 0 Å². The summed E-state index contributed by atoms with van der Waals surface area (Å²) in [6, 6.07) is 1.96. The highest BCUT2D eigenvalue weighted by Crippen LogP contribution is 2.20. The highest BCUT2D eigenvalue weighted by Gasteiger charge is 2.25. The lowest BCUT2D eigenvalue weighted by molar-refractivity contribution is 0.0667. The molecule has 0 spiro atoms. The summed E-state index contributed by atoms with van der Waals surface area (Å²) in [5.74, 6) is -1.73. The van der Waals surface area contributed by atoms with Crippen molar-refractivity contribution in [3.8, 4) is 5.75 Å². The Balaban J connectivity index is 1.82. The third kappa shape index (κ3) is 3.26. The number of carbonyl (C=O) groups is 1. The molecule has 1 fully saturated rings. The van der Waals surface area contributed by atoms with E-state index in [-0.39, 0.29) is 31.2 Å². The summed E-state index contributed by atoms with van der Waals surface area (Å²) in [6.07, 6.45) is 0.131. The zero-order valence-electron chi connectivity index (χ0n) is 10.2. The number of carbonyl (C=O) groups excluding carboxylic acids is 1. The smallest absolute Gasteiger partial charge is 0.155 e. The summed E-state index contributed by atoms with van der Waals surface area (Å²) in [7, 11) is 0. The van der Waals surface area contributed by atoms with Crippen LogP contribution in [0.25, 0.3) is 0 Å². The second-order valence-electron chi connectivity index (χ2n) is 4.55. The molecule has 1 heterocycles. The van der Waals surface area contributed by atoms with Crippen molar-refractivity contribution in [1.82, 2.24) is 4.90 Å². The van der Waals surface area contributed by atoms with Crippen molar-refractivity contribution in [3.05, 3.63) is 29.3 Å². The molecule has 1 aliphatic heterocycles. The second kappa shape index (κ2) is 6.06. The van der Waals surface area contributed by atoms with Crippen LogP contribution < -0.4 is 4.74 Å². The third-order valence-corrected chi connectivity index (χ3v) is 3.10. The Morgan fingerprint density at radius 3 is 2.47 bits per heavy atom. The molecular weight excluding hydrogens is 259 g/mol. The van der Waals surface area contributed by atoms with E-state index >= 15 is 0 Å². The normalized spacial score (nSPS) is 16.2. The third-order valence-electron chi connectivity index (χ3n) is 3.10. The summed E-state index contributed by atoms with van der Waals surface area (Å²) in [5.41, 5.74) is -0.596. The van der Waals surface area contributed by atoms with E-state index in [1.807, 2.05) is 4.90 Å². The molecule has 0 bridgehead atoms. The fourth-order valence-corrected chi connectivity index (χ4v) is 2.01. The van der Waals surface area contributed by atoms with Crippen molar-refractivity contribution in [2.75, 3.05) is 32.9 Å². The maximum Gasteiger partial charge on any atom is 0.155 e. The van der Waals surface area contributed by atoms with E-state index in [1.54, 1.807) is 0 Å². The van der Waals surface area contributed by atoms with Crippen LogP contribution >= 0.6 is 0 Å². The number of aldehydes is 1. The second-order valence-corrected chi connectivity index (χ2v) is 4.55. The van der Waals surface area contributed by atoms with E-state index in [4.69, 9.17) is 4.74 Å². The van der Waals surface area contributed by atoms with Crippen LogP contribution in [0, 0.1) is 17.6 Å². The maximum absolute atomic E-state index is 13.3. The molecule has 0 aromatic heterocycles. The van der Waals surface area contributed by atoms with E-state index < -0.39 is 17.2 Å². The molecule has 19 heavy (non-hydrogen) atoms. The number of nitrogens with zero attached hydrogens (tertiary/aromatic N) is 1. The summed E-state index contributed by atoms with van der Waals surface area (Å²) in [4.78, 5) is 12.4. The van der Waals surface area contributed by atoms with Gasteiger partial charge in [0.2, 0.25) is 0 Å². The van der Waals surface area contributed by atoms with Gasteiger partial charge in [-0.05, 0) is 0 Å². The lowest BCUT2D eigenvalue weighted by atomic mass is 10.0. The summed E-state index contributed by atoms with van der Waals surface area (Å²) in [6.45, 7) is 1.90. The number of rotatable bonds is 6. The number of halogens is 3. The maximum atomic E-state index is 13.3. The van der Waals surface area contributed by atoms with Gasteiger partial charge in [0.25, 0.3) is 0 Å².